The fourth-order valence-electron chi connectivity index (χ4n) is 1.84. The molecule has 0 saturated heterocycles. The fourth-order valence-corrected chi connectivity index (χ4v) is 1.84. The van der Waals surface area contributed by atoms with Crippen LogP contribution in [0.2, 0.25) is 0 Å². The van der Waals surface area contributed by atoms with E-state index in [2.05, 4.69) is 47.5 Å². The number of aromatic nitrogens is 1. The highest BCUT2D eigenvalue weighted by molar-refractivity contribution is 5.89. The maximum Gasteiger partial charge on any atom is 0.221 e. The Hall–Kier alpha value is -1.81. The summed E-state index contributed by atoms with van der Waals surface area (Å²) in [5.74, 6) is 0.670. The van der Waals surface area contributed by atoms with Crippen LogP contribution in [-0.4, -0.2) is 44.2 Å². The van der Waals surface area contributed by atoms with Gasteiger partial charge < -0.3 is 15.0 Å². The lowest BCUT2D eigenvalue weighted by Crippen LogP contribution is -2.20. The lowest BCUT2D eigenvalue weighted by atomic mass is 10.1. The van der Waals surface area contributed by atoms with Crippen LogP contribution in [0.25, 0.3) is 10.8 Å². The van der Waals surface area contributed by atoms with E-state index in [4.69, 9.17) is 4.74 Å². The molecule has 0 spiro atoms. The van der Waals surface area contributed by atoms with Crippen molar-refractivity contribution in [3.05, 3.63) is 30.5 Å². The molecule has 0 bridgehead atoms. The van der Waals surface area contributed by atoms with Gasteiger partial charge in [0, 0.05) is 30.4 Å². The van der Waals surface area contributed by atoms with Crippen molar-refractivity contribution >= 4 is 16.5 Å². The van der Waals surface area contributed by atoms with Crippen molar-refractivity contribution in [1.29, 1.82) is 0 Å². The van der Waals surface area contributed by atoms with E-state index in [1.54, 1.807) is 13.3 Å². The van der Waals surface area contributed by atoms with Gasteiger partial charge in [0.2, 0.25) is 5.88 Å². The zero-order valence-corrected chi connectivity index (χ0v) is 11.1. The molecule has 0 amide bonds. The van der Waals surface area contributed by atoms with Crippen LogP contribution >= 0.6 is 0 Å². The number of pyridine rings is 1. The maximum absolute atomic E-state index is 5.28. The first kappa shape index (κ1) is 12.6. The first-order chi connectivity index (χ1) is 8.70. The van der Waals surface area contributed by atoms with Crippen molar-refractivity contribution in [1.82, 2.24) is 9.88 Å². The summed E-state index contributed by atoms with van der Waals surface area (Å²) in [4.78, 5) is 6.37. The maximum atomic E-state index is 5.28. The normalized spacial score (nSPS) is 10.9. The Bertz CT molecular complexity index is 525. The third-order valence-electron chi connectivity index (χ3n) is 2.81. The van der Waals surface area contributed by atoms with Gasteiger partial charge in [0.15, 0.2) is 0 Å². The predicted octanol–water partition coefficient (Wildman–Crippen LogP) is 2.22. The number of nitrogens with zero attached hydrogens (tertiary/aromatic N) is 2. The molecular formula is C14H19N3O. The number of rotatable bonds is 5. The molecule has 0 aliphatic heterocycles. The Balaban J connectivity index is 2.20. The van der Waals surface area contributed by atoms with E-state index in [9.17, 15) is 0 Å². The zero-order chi connectivity index (χ0) is 13.0. The van der Waals surface area contributed by atoms with Gasteiger partial charge in [-0.2, -0.15) is 0 Å². The summed E-state index contributed by atoms with van der Waals surface area (Å²) >= 11 is 0. The number of likely N-dealkylation sites (N-methyl/N-ethyl adjacent to an activating group) is 1. The molecule has 0 atom stereocenters. The van der Waals surface area contributed by atoms with Crippen molar-refractivity contribution in [3.8, 4) is 5.88 Å². The minimum absolute atomic E-state index is 0.670. The quantitative estimate of drug-likeness (QED) is 0.876. The summed E-state index contributed by atoms with van der Waals surface area (Å²) in [5.41, 5.74) is 1.09. The molecule has 1 aromatic heterocycles. The van der Waals surface area contributed by atoms with Crippen molar-refractivity contribution in [2.75, 3.05) is 39.6 Å². The molecule has 1 N–H and O–H groups in total. The van der Waals surface area contributed by atoms with Crippen molar-refractivity contribution in [2.24, 2.45) is 0 Å². The molecule has 0 aliphatic carbocycles. The summed E-state index contributed by atoms with van der Waals surface area (Å²) in [5, 5.41) is 5.57. The van der Waals surface area contributed by atoms with Gasteiger partial charge in [-0.1, -0.05) is 6.07 Å². The Morgan fingerprint density at radius 2 is 2.11 bits per heavy atom. The van der Waals surface area contributed by atoms with E-state index in [0.717, 1.165) is 29.5 Å². The summed E-state index contributed by atoms with van der Waals surface area (Å²) in [6.07, 6.45) is 1.76. The smallest absolute Gasteiger partial charge is 0.221 e. The molecule has 0 saturated carbocycles. The lowest BCUT2D eigenvalue weighted by molar-refractivity contribution is 0.403. The SMILES string of the molecule is COc1nccc2ccc(NCCN(C)C)cc12. The van der Waals surface area contributed by atoms with Gasteiger partial charge in [-0.25, -0.2) is 4.98 Å². The molecule has 1 heterocycles. The summed E-state index contributed by atoms with van der Waals surface area (Å²) in [7, 11) is 5.78. The highest BCUT2D eigenvalue weighted by atomic mass is 16.5. The van der Waals surface area contributed by atoms with E-state index in [-0.39, 0.29) is 0 Å². The molecule has 18 heavy (non-hydrogen) atoms. The third-order valence-corrected chi connectivity index (χ3v) is 2.81. The molecule has 4 nitrogen and oxygen atoms in total. The van der Waals surface area contributed by atoms with Crippen LogP contribution in [0.15, 0.2) is 30.5 Å². The van der Waals surface area contributed by atoms with Gasteiger partial charge in [0.25, 0.3) is 0 Å². The molecule has 2 aromatic rings. The number of nitrogens with one attached hydrogen (secondary N) is 1. The molecule has 0 fully saturated rings. The van der Waals surface area contributed by atoms with Crippen LogP contribution in [0.1, 0.15) is 0 Å². The summed E-state index contributed by atoms with van der Waals surface area (Å²) in [6, 6.07) is 8.23. The van der Waals surface area contributed by atoms with Gasteiger partial charge in [0.1, 0.15) is 0 Å². The van der Waals surface area contributed by atoms with Gasteiger partial charge in [-0.3, -0.25) is 0 Å². The number of hydrogen-bond donors (Lipinski definition) is 1. The van der Waals surface area contributed by atoms with E-state index in [1.165, 1.54) is 0 Å². The molecule has 0 aliphatic rings. The largest absolute Gasteiger partial charge is 0.481 e. The first-order valence-electron chi connectivity index (χ1n) is 6.02. The van der Waals surface area contributed by atoms with Gasteiger partial charge in [-0.15, -0.1) is 0 Å². The van der Waals surface area contributed by atoms with E-state index in [1.807, 2.05) is 6.07 Å². The fraction of sp³-hybridized carbons (Fsp3) is 0.357. The molecule has 96 valence electrons. The summed E-state index contributed by atoms with van der Waals surface area (Å²) < 4.78 is 5.28. The number of methoxy groups -OCH3 is 1. The van der Waals surface area contributed by atoms with Crippen LogP contribution in [0.3, 0.4) is 0 Å². The second-order valence-electron chi connectivity index (χ2n) is 4.49. The Morgan fingerprint density at radius 3 is 2.83 bits per heavy atom. The van der Waals surface area contributed by atoms with Gasteiger partial charge in [0.05, 0.1) is 7.11 Å². The van der Waals surface area contributed by atoms with E-state index < -0.39 is 0 Å². The van der Waals surface area contributed by atoms with Crippen molar-refractivity contribution in [2.45, 2.75) is 0 Å². The molecule has 0 unspecified atom stereocenters. The Kier molecular flexibility index (Phi) is 3.99. The first-order valence-corrected chi connectivity index (χ1v) is 6.02. The van der Waals surface area contributed by atoms with Crippen molar-refractivity contribution in [3.63, 3.8) is 0 Å². The average molecular weight is 245 g/mol. The highest BCUT2D eigenvalue weighted by Gasteiger charge is 2.03. The number of fused-ring (bicyclic) bond motifs is 1. The lowest BCUT2D eigenvalue weighted by Gasteiger charge is -2.12. The monoisotopic (exact) mass is 245 g/mol. The van der Waals surface area contributed by atoms with E-state index in [0.29, 0.717) is 5.88 Å². The number of hydrogen-bond acceptors (Lipinski definition) is 4. The predicted molar refractivity (Wildman–Crippen MR) is 75.3 cm³/mol. The number of ether oxygens (including phenoxy) is 1. The molecular weight excluding hydrogens is 226 g/mol. The van der Waals surface area contributed by atoms with Crippen LogP contribution in [-0.2, 0) is 0 Å². The second-order valence-corrected chi connectivity index (χ2v) is 4.49. The average Bonchev–Trinajstić information content (AvgIpc) is 2.37. The van der Waals surface area contributed by atoms with E-state index >= 15 is 0 Å². The summed E-state index contributed by atoms with van der Waals surface area (Å²) in [6.45, 7) is 1.92. The standard InChI is InChI=1S/C14H19N3O/c1-17(2)9-8-15-12-5-4-11-6-7-16-14(18-3)13(11)10-12/h4-7,10,15H,8-9H2,1-3H3. The minimum Gasteiger partial charge on any atom is -0.481 e. The van der Waals surface area contributed by atoms with Crippen LogP contribution in [0.4, 0.5) is 5.69 Å². The van der Waals surface area contributed by atoms with Crippen molar-refractivity contribution < 1.29 is 4.74 Å². The van der Waals surface area contributed by atoms with Crippen LogP contribution in [0.5, 0.6) is 5.88 Å². The molecule has 4 heteroatoms. The van der Waals surface area contributed by atoms with Crippen LogP contribution < -0.4 is 10.1 Å². The Labute approximate surface area is 108 Å². The number of anilines is 1. The third kappa shape index (κ3) is 2.90. The second kappa shape index (κ2) is 5.69. The van der Waals surface area contributed by atoms with Gasteiger partial charge in [-0.05, 0) is 37.7 Å². The number of benzene rings is 1. The van der Waals surface area contributed by atoms with Gasteiger partial charge >= 0.3 is 0 Å². The van der Waals surface area contributed by atoms with Crippen LogP contribution in [0, 0.1) is 0 Å². The topological polar surface area (TPSA) is 37.4 Å². The highest BCUT2D eigenvalue weighted by Crippen LogP contribution is 2.25. The molecule has 1 aromatic carbocycles. The molecule has 0 radical (unpaired) electrons. The molecule has 2 rings (SSSR count). The zero-order valence-electron chi connectivity index (χ0n) is 11.1. The minimum atomic E-state index is 0.670. The Morgan fingerprint density at radius 1 is 1.28 bits per heavy atom.